The number of hydrogen-bond acceptors (Lipinski definition) is 4. The summed E-state index contributed by atoms with van der Waals surface area (Å²) in [6.45, 7) is 8.09. The fourth-order valence-corrected chi connectivity index (χ4v) is 2.07. The molecule has 1 heterocycles. The van der Waals surface area contributed by atoms with Gasteiger partial charge in [0.1, 0.15) is 11.5 Å². The summed E-state index contributed by atoms with van der Waals surface area (Å²) in [5.74, 6) is 1.41. The van der Waals surface area contributed by atoms with Crippen molar-refractivity contribution in [2.24, 2.45) is 0 Å². The minimum Gasteiger partial charge on any atom is -0.497 e. The third-order valence-corrected chi connectivity index (χ3v) is 3.95. The van der Waals surface area contributed by atoms with Crippen LogP contribution in [0, 0.1) is 0 Å². The Hall–Kier alpha value is -1.20. The Labute approximate surface area is 115 Å². The van der Waals surface area contributed by atoms with Crippen LogP contribution < -0.4 is 14.9 Å². The standard InChI is InChI=1S/C14H21BO4/c1-13(2)14(3,4)19-15(18-13)12-10(16-5)8-7-9-11(12)17-6/h7-9H,1-6H3. The fraction of sp³-hybridized carbons (Fsp3) is 0.571. The van der Waals surface area contributed by atoms with Gasteiger partial charge in [-0.2, -0.15) is 0 Å². The van der Waals surface area contributed by atoms with Crippen molar-refractivity contribution in [1.29, 1.82) is 0 Å². The minimum atomic E-state index is -0.490. The Morgan fingerprint density at radius 1 is 0.895 bits per heavy atom. The first kappa shape index (κ1) is 14.2. The van der Waals surface area contributed by atoms with Crippen LogP contribution in [0.4, 0.5) is 0 Å². The topological polar surface area (TPSA) is 36.9 Å². The van der Waals surface area contributed by atoms with Gasteiger partial charge in [0.25, 0.3) is 0 Å². The lowest BCUT2D eigenvalue weighted by molar-refractivity contribution is 0.00578. The Kier molecular flexibility index (Phi) is 3.54. The quantitative estimate of drug-likeness (QED) is 0.782. The molecule has 0 amide bonds. The smallest absolute Gasteiger partial charge is 0.497 e. The fourth-order valence-electron chi connectivity index (χ4n) is 2.07. The zero-order valence-corrected chi connectivity index (χ0v) is 12.4. The lowest BCUT2D eigenvalue weighted by Crippen LogP contribution is -2.41. The molecule has 104 valence electrons. The molecule has 0 N–H and O–H groups in total. The van der Waals surface area contributed by atoms with E-state index in [4.69, 9.17) is 18.8 Å². The van der Waals surface area contributed by atoms with Crippen molar-refractivity contribution >= 4 is 12.6 Å². The summed E-state index contributed by atoms with van der Waals surface area (Å²) >= 11 is 0. The zero-order valence-electron chi connectivity index (χ0n) is 12.4. The summed E-state index contributed by atoms with van der Waals surface area (Å²) in [5, 5.41) is 0. The predicted molar refractivity (Wildman–Crippen MR) is 75.3 cm³/mol. The van der Waals surface area contributed by atoms with Gasteiger partial charge in [-0.25, -0.2) is 0 Å². The van der Waals surface area contributed by atoms with Crippen molar-refractivity contribution < 1.29 is 18.8 Å². The van der Waals surface area contributed by atoms with Crippen LogP contribution >= 0.6 is 0 Å². The van der Waals surface area contributed by atoms with Gasteiger partial charge in [0, 0.05) is 0 Å². The Morgan fingerprint density at radius 3 is 1.68 bits per heavy atom. The van der Waals surface area contributed by atoms with E-state index in [1.165, 1.54) is 0 Å². The van der Waals surface area contributed by atoms with Crippen molar-refractivity contribution in [3.05, 3.63) is 18.2 Å². The minimum absolute atomic E-state index is 0.385. The third kappa shape index (κ3) is 2.32. The lowest BCUT2D eigenvalue weighted by atomic mass is 9.77. The molecule has 2 rings (SSSR count). The van der Waals surface area contributed by atoms with Gasteiger partial charge in [0.15, 0.2) is 0 Å². The van der Waals surface area contributed by atoms with E-state index < -0.39 is 7.12 Å². The predicted octanol–water partition coefficient (Wildman–Crippen LogP) is 2.00. The van der Waals surface area contributed by atoms with E-state index in [9.17, 15) is 0 Å². The van der Waals surface area contributed by atoms with Crippen LogP contribution in [0.1, 0.15) is 27.7 Å². The van der Waals surface area contributed by atoms with Crippen LogP contribution in [0.3, 0.4) is 0 Å². The molecule has 19 heavy (non-hydrogen) atoms. The van der Waals surface area contributed by atoms with E-state index in [1.54, 1.807) is 14.2 Å². The van der Waals surface area contributed by atoms with Crippen molar-refractivity contribution in [2.45, 2.75) is 38.9 Å². The summed E-state index contributed by atoms with van der Waals surface area (Å²) in [4.78, 5) is 0. The van der Waals surface area contributed by atoms with Gasteiger partial charge in [0.2, 0.25) is 0 Å². The second kappa shape index (κ2) is 4.73. The maximum atomic E-state index is 6.05. The van der Waals surface area contributed by atoms with Crippen LogP contribution in [0.15, 0.2) is 18.2 Å². The summed E-state index contributed by atoms with van der Waals surface area (Å²) in [5.41, 5.74) is 0.0266. The molecule has 0 aromatic heterocycles. The van der Waals surface area contributed by atoms with Crippen LogP contribution in [0.2, 0.25) is 0 Å². The van der Waals surface area contributed by atoms with Gasteiger partial charge >= 0.3 is 7.12 Å². The van der Waals surface area contributed by atoms with E-state index in [-0.39, 0.29) is 11.2 Å². The molecule has 0 aliphatic carbocycles. The van der Waals surface area contributed by atoms with E-state index >= 15 is 0 Å². The summed E-state index contributed by atoms with van der Waals surface area (Å²) in [6.07, 6.45) is 0. The van der Waals surface area contributed by atoms with Gasteiger partial charge in [-0.1, -0.05) is 6.07 Å². The van der Waals surface area contributed by atoms with Crippen molar-refractivity contribution in [1.82, 2.24) is 0 Å². The SMILES string of the molecule is COc1cccc(OC)c1B1OC(C)(C)C(C)(C)O1. The maximum Gasteiger partial charge on any atom is 0.502 e. The Morgan fingerprint density at radius 2 is 1.32 bits per heavy atom. The number of rotatable bonds is 3. The van der Waals surface area contributed by atoms with Crippen molar-refractivity contribution in [3.63, 3.8) is 0 Å². The normalized spacial score (nSPS) is 20.4. The van der Waals surface area contributed by atoms with Gasteiger partial charge in [-0.05, 0) is 39.8 Å². The molecule has 1 aliphatic heterocycles. The molecule has 5 heteroatoms. The highest BCUT2D eigenvalue weighted by Gasteiger charge is 2.53. The van der Waals surface area contributed by atoms with E-state index in [2.05, 4.69) is 0 Å². The highest BCUT2D eigenvalue weighted by Crippen LogP contribution is 2.38. The Balaban J connectivity index is 2.44. The van der Waals surface area contributed by atoms with Gasteiger partial charge < -0.3 is 18.8 Å². The van der Waals surface area contributed by atoms with Gasteiger partial charge in [-0.15, -0.1) is 0 Å². The van der Waals surface area contributed by atoms with Gasteiger partial charge in [-0.3, -0.25) is 0 Å². The maximum absolute atomic E-state index is 6.05. The lowest BCUT2D eigenvalue weighted by Gasteiger charge is -2.32. The van der Waals surface area contributed by atoms with Crippen LogP contribution in [-0.4, -0.2) is 32.5 Å². The number of hydrogen-bond donors (Lipinski definition) is 0. The number of methoxy groups -OCH3 is 2. The summed E-state index contributed by atoms with van der Waals surface area (Å²) < 4.78 is 22.9. The molecule has 1 aliphatic rings. The number of benzene rings is 1. The summed E-state index contributed by atoms with van der Waals surface area (Å²) in [7, 11) is 2.77. The molecule has 1 aromatic rings. The average molecular weight is 264 g/mol. The first-order valence-corrected chi connectivity index (χ1v) is 6.39. The van der Waals surface area contributed by atoms with Crippen LogP contribution in [0.25, 0.3) is 0 Å². The first-order chi connectivity index (χ1) is 8.82. The summed E-state index contributed by atoms with van der Waals surface area (Å²) in [6, 6.07) is 5.64. The molecular formula is C14H21BO4. The largest absolute Gasteiger partial charge is 0.502 e. The molecule has 0 radical (unpaired) electrons. The Bertz CT molecular complexity index is 432. The van der Waals surface area contributed by atoms with Crippen molar-refractivity contribution in [2.75, 3.05) is 14.2 Å². The molecule has 1 aromatic carbocycles. The van der Waals surface area contributed by atoms with Crippen LogP contribution in [0.5, 0.6) is 11.5 Å². The molecule has 0 atom stereocenters. The highest BCUT2D eigenvalue weighted by atomic mass is 16.7. The second-order valence-corrected chi connectivity index (χ2v) is 5.66. The molecule has 4 nitrogen and oxygen atoms in total. The first-order valence-electron chi connectivity index (χ1n) is 6.39. The molecular weight excluding hydrogens is 243 g/mol. The molecule has 0 spiro atoms. The molecule has 1 saturated heterocycles. The average Bonchev–Trinajstić information content (AvgIpc) is 2.57. The molecule has 0 saturated carbocycles. The third-order valence-electron chi connectivity index (χ3n) is 3.95. The van der Waals surface area contributed by atoms with E-state index in [0.29, 0.717) is 11.5 Å². The molecule has 1 fully saturated rings. The zero-order chi connectivity index (χ0) is 14.3. The van der Waals surface area contributed by atoms with E-state index in [0.717, 1.165) is 5.46 Å². The molecule has 0 unspecified atom stereocenters. The van der Waals surface area contributed by atoms with Crippen molar-refractivity contribution in [3.8, 4) is 11.5 Å². The second-order valence-electron chi connectivity index (χ2n) is 5.66. The molecule has 0 bridgehead atoms. The van der Waals surface area contributed by atoms with E-state index in [1.807, 2.05) is 45.9 Å². The highest BCUT2D eigenvalue weighted by molar-refractivity contribution is 6.64. The monoisotopic (exact) mass is 264 g/mol. The van der Waals surface area contributed by atoms with Gasteiger partial charge in [0.05, 0.1) is 30.9 Å². The van der Waals surface area contributed by atoms with Crippen LogP contribution in [-0.2, 0) is 9.31 Å². The number of ether oxygens (including phenoxy) is 2.